The van der Waals surface area contributed by atoms with Crippen molar-refractivity contribution in [2.75, 3.05) is 12.1 Å². The zero-order valence-corrected chi connectivity index (χ0v) is 13.7. The van der Waals surface area contributed by atoms with Gasteiger partial charge in [0.1, 0.15) is 11.5 Å². The Morgan fingerprint density at radius 2 is 1.96 bits per heavy atom. The Bertz CT molecular complexity index is 916. The minimum atomic E-state index is -0.308. The number of aromatic nitrogens is 3. The highest BCUT2D eigenvalue weighted by Gasteiger charge is 2.13. The molecule has 1 aliphatic rings. The van der Waals surface area contributed by atoms with Crippen LogP contribution < -0.4 is 20.1 Å². The van der Waals surface area contributed by atoms with E-state index in [-0.39, 0.29) is 18.4 Å². The second kappa shape index (κ2) is 7.06. The first-order chi connectivity index (χ1) is 12.8. The number of hydrogen-bond donors (Lipinski definition) is 2. The van der Waals surface area contributed by atoms with E-state index >= 15 is 0 Å². The van der Waals surface area contributed by atoms with Gasteiger partial charge in [0.05, 0.1) is 24.6 Å². The molecular weight excluding hydrogens is 334 g/mol. The summed E-state index contributed by atoms with van der Waals surface area (Å²) in [5, 5.41) is 5.86. The number of nitrogens with zero attached hydrogens (tertiary/aromatic N) is 3. The van der Waals surface area contributed by atoms with Crippen LogP contribution in [0.1, 0.15) is 16.2 Å². The van der Waals surface area contributed by atoms with Gasteiger partial charge in [0.2, 0.25) is 6.79 Å². The molecule has 0 radical (unpaired) electrons. The van der Waals surface area contributed by atoms with Crippen LogP contribution in [0.3, 0.4) is 0 Å². The lowest BCUT2D eigenvalue weighted by atomic mass is 10.3. The van der Waals surface area contributed by atoms with Gasteiger partial charge in [0.25, 0.3) is 5.91 Å². The van der Waals surface area contributed by atoms with E-state index < -0.39 is 0 Å². The lowest BCUT2D eigenvalue weighted by molar-refractivity contribution is 0.0945. The summed E-state index contributed by atoms with van der Waals surface area (Å²) in [6.45, 7) is 0.555. The van der Waals surface area contributed by atoms with Crippen LogP contribution in [0.2, 0.25) is 0 Å². The molecule has 3 heterocycles. The normalized spacial score (nSPS) is 11.8. The van der Waals surface area contributed by atoms with Crippen LogP contribution in [0.15, 0.2) is 55.0 Å². The third-order valence-corrected chi connectivity index (χ3v) is 3.69. The average molecular weight is 349 g/mol. The number of benzene rings is 1. The van der Waals surface area contributed by atoms with Crippen molar-refractivity contribution in [1.82, 2.24) is 20.3 Å². The van der Waals surface area contributed by atoms with Crippen molar-refractivity contribution in [2.24, 2.45) is 0 Å². The van der Waals surface area contributed by atoms with Gasteiger partial charge in [-0.3, -0.25) is 9.78 Å². The standard InChI is InChI=1S/C18H15N5O3/c24-18(22-8-13-3-1-2-6-19-13)14-9-21-17(10-20-14)23-12-4-5-15-16(7-12)26-11-25-15/h1-7,9-10H,8,11H2,(H,21,23)(H,22,24). The van der Waals surface area contributed by atoms with Gasteiger partial charge in [-0.25, -0.2) is 9.97 Å². The summed E-state index contributed by atoms with van der Waals surface area (Å²) >= 11 is 0. The molecule has 8 nitrogen and oxygen atoms in total. The highest BCUT2D eigenvalue weighted by atomic mass is 16.7. The van der Waals surface area contributed by atoms with Gasteiger partial charge >= 0.3 is 0 Å². The predicted octanol–water partition coefficient (Wildman–Crippen LogP) is 2.27. The van der Waals surface area contributed by atoms with Gasteiger partial charge in [0, 0.05) is 18.0 Å². The molecule has 1 aromatic carbocycles. The van der Waals surface area contributed by atoms with Crippen molar-refractivity contribution < 1.29 is 14.3 Å². The van der Waals surface area contributed by atoms with Crippen LogP contribution in [-0.4, -0.2) is 27.7 Å². The fraction of sp³-hybridized carbons (Fsp3) is 0.111. The maximum Gasteiger partial charge on any atom is 0.271 e. The summed E-state index contributed by atoms with van der Waals surface area (Å²) in [7, 11) is 0. The van der Waals surface area contributed by atoms with E-state index in [0.717, 1.165) is 11.4 Å². The van der Waals surface area contributed by atoms with Crippen LogP contribution >= 0.6 is 0 Å². The summed E-state index contributed by atoms with van der Waals surface area (Å²) < 4.78 is 10.6. The van der Waals surface area contributed by atoms with E-state index in [2.05, 4.69) is 25.6 Å². The second-order valence-corrected chi connectivity index (χ2v) is 5.48. The molecule has 2 aromatic heterocycles. The van der Waals surface area contributed by atoms with E-state index in [1.165, 1.54) is 12.4 Å². The molecule has 0 atom stereocenters. The summed E-state index contributed by atoms with van der Waals surface area (Å²) in [5.74, 6) is 1.60. The minimum Gasteiger partial charge on any atom is -0.454 e. The lowest BCUT2D eigenvalue weighted by Gasteiger charge is -2.07. The third kappa shape index (κ3) is 3.54. The zero-order chi connectivity index (χ0) is 17.8. The van der Waals surface area contributed by atoms with Crippen molar-refractivity contribution in [3.63, 3.8) is 0 Å². The number of carbonyl (C=O) groups excluding carboxylic acids is 1. The molecule has 0 spiro atoms. The molecule has 0 unspecified atom stereocenters. The molecule has 26 heavy (non-hydrogen) atoms. The predicted molar refractivity (Wildman–Crippen MR) is 93.3 cm³/mol. The molecule has 0 saturated carbocycles. The van der Waals surface area contributed by atoms with E-state index in [1.807, 2.05) is 36.4 Å². The van der Waals surface area contributed by atoms with Crippen LogP contribution in [-0.2, 0) is 6.54 Å². The molecule has 0 aliphatic carbocycles. The van der Waals surface area contributed by atoms with Crippen LogP contribution in [0, 0.1) is 0 Å². The van der Waals surface area contributed by atoms with Gasteiger partial charge in [0.15, 0.2) is 11.5 Å². The fourth-order valence-electron chi connectivity index (χ4n) is 2.40. The Labute approximate surface area is 149 Å². The maximum atomic E-state index is 12.1. The lowest BCUT2D eigenvalue weighted by Crippen LogP contribution is -2.24. The Kier molecular flexibility index (Phi) is 4.29. The van der Waals surface area contributed by atoms with Crippen molar-refractivity contribution in [2.45, 2.75) is 6.54 Å². The number of hydrogen-bond acceptors (Lipinski definition) is 7. The Hall–Kier alpha value is -3.68. The number of pyridine rings is 1. The SMILES string of the molecule is O=C(NCc1ccccn1)c1cnc(Nc2ccc3c(c2)OCO3)cn1. The highest BCUT2D eigenvalue weighted by Crippen LogP contribution is 2.34. The van der Waals surface area contributed by atoms with Gasteiger partial charge in [-0.05, 0) is 24.3 Å². The van der Waals surface area contributed by atoms with Crippen molar-refractivity contribution in [3.8, 4) is 11.5 Å². The number of ether oxygens (including phenoxy) is 2. The maximum absolute atomic E-state index is 12.1. The second-order valence-electron chi connectivity index (χ2n) is 5.48. The number of amides is 1. The molecule has 1 amide bonds. The van der Waals surface area contributed by atoms with Gasteiger partial charge in [-0.1, -0.05) is 6.07 Å². The quantitative estimate of drug-likeness (QED) is 0.729. The van der Waals surface area contributed by atoms with Crippen molar-refractivity contribution in [1.29, 1.82) is 0 Å². The van der Waals surface area contributed by atoms with E-state index in [4.69, 9.17) is 9.47 Å². The molecule has 0 saturated heterocycles. The molecule has 0 fully saturated rings. The van der Waals surface area contributed by atoms with Gasteiger partial charge in [-0.15, -0.1) is 0 Å². The largest absolute Gasteiger partial charge is 0.454 e. The highest BCUT2D eigenvalue weighted by molar-refractivity contribution is 5.92. The topological polar surface area (TPSA) is 98.3 Å². The van der Waals surface area contributed by atoms with Crippen LogP contribution in [0.4, 0.5) is 11.5 Å². The number of anilines is 2. The van der Waals surface area contributed by atoms with Gasteiger partial charge < -0.3 is 20.1 Å². The Balaban J connectivity index is 1.38. The summed E-state index contributed by atoms with van der Waals surface area (Å²) in [5.41, 5.74) is 1.79. The third-order valence-electron chi connectivity index (χ3n) is 3.69. The molecular formula is C18H15N5O3. The number of fused-ring (bicyclic) bond motifs is 1. The van der Waals surface area contributed by atoms with Crippen LogP contribution in [0.25, 0.3) is 0 Å². The van der Waals surface area contributed by atoms with E-state index in [9.17, 15) is 4.79 Å². The molecule has 130 valence electrons. The van der Waals surface area contributed by atoms with Crippen molar-refractivity contribution in [3.05, 3.63) is 66.4 Å². The average Bonchev–Trinajstić information content (AvgIpc) is 3.15. The van der Waals surface area contributed by atoms with Crippen LogP contribution in [0.5, 0.6) is 11.5 Å². The number of rotatable bonds is 5. The number of carbonyl (C=O) groups is 1. The van der Waals surface area contributed by atoms with Gasteiger partial charge in [-0.2, -0.15) is 0 Å². The van der Waals surface area contributed by atoms with E-state index in [0.29, 0.717) is 23.9 Å². The monoisotopic (exact) mass is 349 g/mol. The summed E-state index contributed by atoms with van der Waals surface area (Å²) in [4.78, 5) is 24.6. The first-order valence-corrected chi connectivity index (χ1v) is 7.95. The minimum absolute atomic E-state index is 0.223. The first-order valence-electron chi connectivity index (χ1n) is 7.95. The summed E-state index contributed by atoms with van der Waals surface area (Å²) in [6.07, 6.45) is 4.60. The summed E-state index contributed by atoms with van der Waals surface area (Å²) in [6, 6.07) is 11.0. The Morgan fingerprint density at radius 3 is 2.77 bits per heavy atom. The van der Waals surface area contributed by atoms with Crippen molar-refractivity contribution >= 4 is 17.4 Å². The molecule has 2 N–H and O–H groups in total. The Morgan fingerprint density at radius 1 is 1.04 bits per heavy atom. The van der Waals surface area contributed by atoms with E-state index in [1.54, 1.807) is 6.20 Å². The fourth-order valence-corrected chi connectivity index (χ4v) is 2.40. The first kappa shape index (κ1) is 15.8. The smallest absolute Gasteiger partial charge is 0.271 e. The zero-order valence-electron chi connectivity index (χ0n) is 13.7. The molecule has 1 aliphatic heterocycles. The number of nitrogens with one attached hydrogen (secondary N) is 2. The molecule has 3 aromatic rings. The molecule has 0 bridgehead atoms. The molecule has 8 heteroatoms. The molecule has 4 rings (SSSR count).